The predicted octanol–water partition coefficient (Wildman–Crippen LogP) is 2.80. The molecule has 0 radical (unpaired) electrons. The molecule has 0 spiro atoms. The van der Waals surface area contributed by atoms with Crippen LogP contribution in [0.2, 0.25) is 0 Å². The fraction of sp³-hybridized carbons (Fsp3) is 0. The lowest BCUT2D eigenvalue weighted by atomic mass is 10.3. The summed E-state index contributed by atoms with van der Waals surface area (Å²) in [6.45, 7) is 3.42. The Bertz CT molecular complexity index is 406. The van der Waals surface area contributed by atoms with Crippen LogP contribution in [0.1, 0.15) is 0 Å². The summed E-state index contributed by atoms with van der Waals surface area (Å²) in [6, 6.07) is 8.84. The third kappa shape index (κ3) is 1.80. The molecule has 0 aliphatic carbocycles. The minimum Gasteiger partial charge on any atom is -0.436 e. The van der Waals surface area contributed by atoms with E-state index in [4.69, 9.17) is 4.74 Å². The van der Waals surface area contributed by atoms with Crippen molar-refractivity contribution in [3.8, 4) is 11.6 Å². The summed E-state index contributed by atoms with van der Waals surface area (Å²) in [6.07, 6.45) is 1.45. The molecule has 0 saturated carbocycles. The summed E-state index contributed by atoms with van der Waals surface area (Å²) in [5, 5.41) is 3.62. The Hall–Kier alpha value is -2.10. The summed E-state index contributed by atoms with van der Waals surface area (Å²) in [4.78, 5) is 3.77. The van der Waals surface area contributed by atoms with Gasteiger partial charge in [0.15, 0.2) is 0 Å². The fourth-order valence-corrected chi connectivity index (χ4v) is 0.994. The van der Waals surface area contributed by atoms with Crippen molar-refractivity contribution in [1.82, 2.24) is 5.16 Å². The number of ether oxygens (including phenoxy) is 1. The van der Waals surface area contributed by atoms with Crippen LogP contribution < -0.4 is 4.74 Å². The monoisotopic (exact) mass is 188 g/mol. The van der Waals surface area contributed by atoms with E-state index in [0.717, 1.165) is 5.69 Å². The zero-order valence-corrected chi connectivity index (χ0v) is 7.38. The molecule has 1 aromatic heterocycles. The van der Waals surface area contributed by atoms with Gasteiger partial charge in [0.05, 0.1) is 5.69 Å². The third-order valence-electron chi connectivity index (χ3n) is 1.66. The number of hydrogen-bond acceptors (Lipinski definition) is 4. The van der Waals surface area contributed by atoms with Crippen molar-refractivity contribution < 1.29 is 9.26 Å². The summed E-state index contributed by atoms with van der Waals surface area (Å²) in [5.41, 5.74) is 0.803. The zero-order valence-electron chi connectivity index (χ0n) is 7.38. The van der Waals surface area contributed by atoms with Crippen LogP contribution in [0.3, 0.4) is 0 Å². The van der Waals surface area contributed by atoms with Gasteiger partial charge in [-0.1, -0.05) is 0 Å². The van der Waals surface area contributed by atoms with Crippen LogP contribution in [0.25, 0.3) is 0 Å². The highest BCUT2D eigenvalue weighted by Crippen LogP contribution is 2.22. The molecule has 0 aliphatic rings. The Morgan fingerprint density at radius 1 is 1.21 bits per heavy atom. The number of aromatic nitrogens is 1. The normalized spacial score (nSPS) is 9.71. The molecule has 0 unspecified atom stereocenters. The van der Waals surface area contributed by atoms with E-state index in [0.29, 0.717) is 11.6 Å². The first-order chi connectivity index (χ1) is 6.88. The lowest BCUT2D eigenvalue weighted by Crippen LogP contribution is -1.82. The van der Waals surface area contributed by atoms with Gasteiger partial charge in [0, 0.05) is 6.07 Å². The zero-order chi connectivity index (χ0) is 9.80. The standard InChI is InChI=1S/C10H8N2O2/c1-11-8-2-4-9(5-3-8)14-10-6-7-13-12-10/h2-7H,1H2. The van der Waals surface area contributed by atoms with E-state index in [9.17, 15) is 0 Å². The maximum absolute atomic E-state index is 5.35. The smallest absolute Gasteiger partial charge is 0.259 e. The first-order valence-corrected chi connectivity index (χ1v) is 4.03. The van der Waals surface area contributed by atoms with E-state index in [1.807, 2.05) is 12.1 Å². The molecule has 0 saturated heterocycles. The minimum atomic E-state index is 0.435. The van der Waals surface area contributed by atoms with Gasteiger partial charge in [0.25, 0.3) is 5.88 Å². The summed E-state index contributed by atoms with van der Waals surface area (Å²) in [5.74, 6) is 1.12. The Kier molecular flexibility index (Phi) is 2.27. The summed E-state index contributed by atoms with van der Waals surface area (Å²) >= 11 is 0. The Morgan fingerprint density at radius 3 is 2.57 bits per heavy atom. The lowest BCUT2D eigenvalue weighted by Gasteiger charge is -2.00. The number of hydrogen-bond donors (Lipinski definition) is 0. The van der Waals surface area contributed by atoms with E-state index < -0.39 is 0 Å². The predicted molar refractivity (Wildman–Crippen MR) is 52.2 cm³/mol. The maximum atomic E-state index is 5.35. The van der Waals surface area contributed by atoms with Crippen molar-refractivity contribution in [2.75, 3.05) is 0 Å². The van der Waals surface area contributed by atoms with Gasteiger partial charge in [-0.3, -0.25) is 4.99 Å². The van der Waals surface area contributed by atoms with Crippen LogP contribution in [0.5, 0.6) is 11.6 Å². The van der Waals surface area contributed by atoms with Gasteiger partial charge in [-0.25, -0.2) is 0 Å². The molecule has 2 rings (SSSR count). The SMILES string of the molecule is C=Nc1ccc(Oc2ccon2)cc1. The van der Waals surface area contributed by atoms with Crippen LogP contribution in [0.15, 0.2) is 46.1 Å². The van der Waals surface area contributed by atoms with E-state index in [1.54, 1.807) is 18.2 Å². The van der Waals surface area contributed by atoms with Crippen LogP contribution in [-0.4, -0.2) is 11.9 Å². The van der Waals surface area contributed by atoms with E-state index >= 15 is 0 Å². The van der Waals surface area contributed by atoms with Crippen molar-refractivity contribution >= 4 is 12.4 Å². The van der Waals surface area contributed by atoms with Gasteiger partial charge in [-0.05, 0) is 36.1 Å². The second-order valence-corrected chi connectivity index (χ2v) is 2.59. The number of benzene rings is 1. The average Bonchev–Trinajstić information content (AvgIpc) is 2.72. The lowest BCUT2D eigenvalue weighted by molar-refractivity contribution is 0.367. The van der Waals surface area contributed by atoms with Crippen molar-refractivity contribution in [2.45, 2.75) is 0 Å². The van der Waals surface area contributed by atoms with Gasteiger partial charge >= 0.3 is 0 Å². The number of rotatable bonds is 3. The Balaban J connectivity index is 2.14. The van der Waals surface area contributed by atoms with Gasteiger partial charge in [-0.2, -0.15) is 0 Å². The second kappa shape index (κ2) is 3.74. The van der Waals surface area contributed by atoms with Crippen molar-refractivity contribution in [3.63, 3.8) is 0 Å². The third-order valence-corrected chi connectivity index (χ3v) is 1.66. The van der Waals surface area contributed by atoms with Gasteiger partial charge in [-0.15, -0.1) is 0 Å². The van der Waals surface area contributed by atoms with E-state index in [2.05, 4.69) is 21.4 Å². The van der Waals surface area contributed by atoms with Crippen LogP contribution in [0, 0.1) is 0 Å². The minimum absolute atomic E-state index is 0.435. The molecule has 14 heavy (non-hydrogen) atoms. The van der Waals surface area contributed by atoms with Crippen molar-refractivity contribution in [3.05, 3.63) is 36.6 Å². The molecule has 0 amide bonds. The summed E-state index contributed by atoms with van der Waals surface area (Å²) in [7, 11) is 0. The second-order valence-electron chi connectivity index (χ2n) is 2.59. The largest absolute Gasteiger partial charge is 0.436 e. The molecule has 4 nitrogen and oxygen atoms in total. The molecule has 0 aliphatic heterocycles. The average molecular weight is 188 g/mol. The van der Waals surface area contributed by atoms with Crippen LogP contribution >= 0.6 is 0 Å². The molecule has 0 fully saturated rings. The van der Waals surface area contributed by atoms with E-state index in [-0.39, 0.29) is 0 Å². The van der Waals surface area contributed by atoms with Crippen LogP contribution in [0.4, 0.5) is 5.69 Å². The quantitative estimate of drug-likeness (QED) is 0.696. The number of nitrogens with zero attached hydrogens (tertiary/aromatic N) is 2. The highest BCUT2D eigenvalue weighted by atomic mass is 16.5. The van der Waals surface area contributed by atoms with Gasteiger partial charge < -0.3 is 9.26 Å². The molecule has 2 aromatic rings. The summed E-state index contributed by atoms with van der Waals surface area (Å²) < 4.78 is 9.98. The topological polar surface area (TPSA) is 47.6 Å². The van der Waals surface area contributed by atoms with E-state index in [1.165, 1.54) is 6.26 Å². The van der Waals surface area contributed by atoms with Gasteiger partial charge in [0.1, 0.15) is 12.0 Å². The highest BCUT2D eigenvalue weighted by Gasteiger charge is 1.98. The first kappa shape index (κ1) is 8.50. The molecule has 0 N–H and O–H groups in total. The first-order valence-electron chi connectivity index (χ1n) is 4.03. The van der Waals surface area contributed by atoms with Gasteiger partial charge in [0.2, 0.25) is 0 Å². The molecular weight excluding hydrogens is 180 g/mol. The van der Waals surface area contributed by atoms with Crippen LogP contribution in [-0.2, 0) is 0 Å². The molecule has 70 valence electrons. The maximum Gasteiger partial charge on any atom is 0.259 e. The Labute approximate surface area is 80.8 Å². The highest BCUT2D eigenvalue weighted by molar-refractivity contribution is 5.47. The molecule has 0 atom stereocenters. The molecular formula is C10H8N2O2. The molecule has 1 aromatic carbocycles. The fourth-order valence-electron chi connectivity index (χ4n) is 0.994. The molecule has 4 heteroatoms. The van der Waals surface area contributed by atoms with Crippen molar-refractivity contribution in [1.29, 1.82) is 0 Å². The van der Waals surface area contributed by atoms with Crippen molar-refractivity contribution in [2.24, 2.45) is 4.99 Å². The molecule has 1 heterocycles. The molecule has 0 bridgehead atoms. The number of aliphatic imine (C=N–C) groups is 1. The Morgan fingerprint density at radius 2 is 2.00 bits per heavy atom.